The smallest absolute Gasteiger partial charge is 0.330 e. The molecule has 0 saturated carbocycles. The van der Waals surface area contributed by atoms with Crippen LogP contribution in [0.25, 0.3) is 0 Å². The molecule has 27 heavy (non-hydrogen) atoms. The third kappa shape index (κ3) is 4.28. The van der Waals surface area contributed by atoms with E-state index < -0.39 is 27.8 Å². The zero-order chi connectivity index (χ0) is 19.6. The molecule has 1 unspecified atom stereocenters. The predicted octanol–water partition coefficient (Wildman–Crippen LogP) is 1.51. The Morgan fingerprint density at radius 1 is 1.22 bits per heavy atom. The molecule has 0 aromatic heterocycles. The van der Waals surface area contributed by atoms with Crippen LogP contribution in [-0.2, 0) is 32.3 Å². The van der Waals surface area contributed by atoms with Crippen molar-refractivity contribution in [3.8, 4) is 5.75 Å². The molecular weight excluding hydrogens is 370 g/mol. The third-order valence-corrected chi connectivity index (χ3v) is 5.52. The Bertz CT molecular complexity index is 999. The van der Waals surface area contributed by atoms with E-state index in [2.05, 4.69) is 5.32 Å². The molecule has 3 rings (SSSR count). The minimum Gasteiger partial charge on any atom is -0.493 e. The zero-order valence-electron chi connectivity index (χ0n) is 14.6. The van der Waals surface area contributed by atoms with Gasteiger partial charge in [0.05, 0.1) is 17.9 Å². The van der Waals surface area contributed by atoms with E-state index in [1.165, 1.54) is 6.07 Å². The van der Waals surface area contributed by atoms with E-state index in [4.69, 9.17) is 4.74 Å². The first-order valence-electron chi connectivity index (χ1n) is 8.31. The minimum absolute atomic E-state index is 0.0571. The number of hydrogen-bond donors (Lipinski definition) is 2. The van der Waals surface area contributed by atoms with Crippen LogP contribution >= 0.6 is 0 Å². The maximum Gasteiger partial charge on any atom is 0.330 e. The highest BCUT2D eigenvalue weighted by atomic mass is 32.2. The molecule has 0 bridgehead atoms. The highest BCUT2D eigenvalue weighted by Gasteiger charge is 2.25. The summed E-state index contributed by atoms with van der Waals surface area (Å²) >= 11 is 0. The van der Waals surface area contributed by atoms with Crippen LogP contribution in [0.15, 0.2) is 47.4 Å². The van der Waals surface area contributed by atoms with E-state index in [9.17, 15) is 23.1 Å². The average molecular weight is 389 g/mol. The van der Waals surface area contributed by atoms with Gasteiger partial charge in [0.25, 0.3) is 0 Å². The van der Waals surface area contributed by atoms with Crippen molar-refractivity contribution < 1.29 is 27.9 Å². The number of nitrogens with one attached hydrogen (secondary N) is 1. The van der Waals surface area contributed by atoms with Crippen LogP contribution in [0.1, 0.15) is 22.7 Å². The molecule has 0 fully saturated rings. The van der Waals surface area contributed by atoms with Crippen LogP contribution in [-0.4, -0.2) is 38.3 Å². The number of carbonyl (C=O) groups is 2. The van der Waals surface area contributed by atoms with E-state index in [0.717, 1.165) is 17.6 Å². The van der Waals surface area contributed by atoms with Gasteiger partial charge in [0, 0.05) is 12.7 Å². The van der Waals surface area contributed by atoms with Crippen LogP contribution in [0.5, 0.6) is 5.75 Å². The summed E-state index contributed by atoms with van der Waals surface area (Å²) in [5.41, 5.74) is 1.66. The highest BCUT2D eigenvalue weighted by Crippen LogP contribution is 2.28. The summed E-state index contributed by atoms with van der Waals surface area (Å²) in [4.78, 5) is 24.1. The number of amides is 1. The van der Waals surface area contributed by atoms with Gasteiger partial charge in [-0.1, -0.05) is 24.3 Å². The number of fused-ring (bicyclic) bond motifs is 1. The van der Waals surface area contributed by atoms with Crippen molar-refractivity contribution in [3.05, 3.63) is 59.2 Å². The summed E-state index contributed by atoms with van der Waals surface area (Å²) in [5, 5.41) is 12.0. The second-order valence-electron chi connectivity index (χ2n) is 6.36. The Labute approximate surface area is 156 Å². The summed E-state index contributed by atoms with van der Waals surface area (Å²) in [7, 11) is -3.49. The van der Waals surface area contributed by atoms with Gasteiger partial charge in [-0.05, 0) is 34.9 Å². The molecule has 142 valence electrons. The molecule has 7 nitrogen and oxygen atoms in total. The van der Waals surface area contributed by atoms with Crippen LogP contribution < -0.4 is 10.1 Å². The van der Waals surface area contributed by atoms with Gasteiger partial charge in [-0.25, -0.2) is 13.2 Å². The number of aliphatic carboxylic acids is 1. The van der Waals surface area contributed by atoms with Crippen molar-refractivity contribution in [3.63, 3.8) is 0 Å². The van der Waals surface area contributed by atoms with Gasteiger partial charge in [0.2, 0.25) is 5.91 Å². The van der Waals surface area contributed by atoms with Gasteiger partial charge >= 0.3 is 5.97 Å². The van der Waals surface area contributed by atoms with Crippen LogP contribution in [0.3, 0.4) is 0 Å². The molecule has 1 atom stereocenters. The molecule has 0 saturated heterocycles. The van der Waals surface area contributed by atoms with Gasteiger partial charge < -0.3 is 15.2 Å². The summed E-state index contributed by atoms with van der Waals surface area (Å²) in [6.07, 6.45) is 1.52. The van der Waals surface area contributed by atoms with E-state index in [1.807, 2.05) is 0 Å². The molecule has 2 N–H and O–H groups in total. The maximum absolute atomic E-state index is 12.4. The fraction of sp³-hybridized carbons (Fsp3) is 0.263. The number of hydrogen-bond acceptors (Lipinski definition) is 5. The maximum atomic E-state index is 12.4. The van der Waals surface area contributed by atoms with Crippen molar-refractivity contribution in [2.75, 3.05) is 12.9 Å². The number of carboxylic acids is 1. The van der Waals surface area contributed by atoms with Crippen LogP contribution in [0, 0.1) is 0 Å². The molecule has 1 amide bonds. The molecular formula is C19H19NO6S. The monoisotopic (exact) mass is 389 g/mol. The Morgan fingerprint density at radius 3 is 2.67 bits per heavy atom. The molecule has 0 radical (unpaired) electrons. The highest BCUT2D eigenvalue weighted by molar-refractivity contribution is 7.90. The van der Waals surface area contributed by atoms with E-state index >= 15 is 0 Å². The van der Waals surface area contributed by atoms with Crippen LogP contribution in [0.2, 0.25) is 0 Å². The minimum atomic E-state index is -3.49. The lowest BCUT2D eigenvalue weighted by Gasteiger charge is -2.16. The lowest BCUT2D eigenvalue weighted by molar-refractivity contribution is -0.142. The van der Waals surface area contributed by atoms with E-state index in [1.54, 1.807) is 36.4 Å². The quantitative estimate of drug-likeness (QED) is 0.775. The standard InChI is InChI=1S/C19H19NO6S/c1-27(24,25)16-5-3-2-4-13(16)11-17(21)20-18(19(22)23)14-6-7-15-12(10-14)8-9-26-15/h2-7,10,18H,8-9,11H2,1H3,(H,20,21)(H,22,23). The summed E-state index contributed by atoms with van der Waals surface area (Å²) < 4.78 is 29.1. The van der Waals surface area contributed by atoms with E-state index in [-0.39, 0.29) is 11.3 Å². The fourth-order valence-electron chi connectivity index (χ4n) is 3.07. The van der Waals surface area contributed by atoms with Gasteiger partial charge in [-0.15, -0.1) is 0 Å². The van der Waals surface area contributed by atoms with Crippen LogP contribution in [0.4, 0.5) is 0 Å². The normalized spacial score (nSPS) is 14.1. The number of rotatable bonds is 6. The van der Waals surface area contributed by atoms with Crippen molar-refractivity contribution in [2.24, 2.45) is 0 Å². The topological polar surface area (TPSA) is 110 Å². The third-order valence-electron chi connectivity index (χ3n) is 4.32. The lowest BCUT2D eigenvalue weighted by Crippen LogP contribution is -2.35. The molecule has 2 aromatic rings. The number of carboxylic acid groups (broad SMARTS) is 1. The molecule has 2 aromatic carbocycles. The fourth-order valence-corrected chi connectivity index (χ4v) is 4.01. The molecule has 0 spiro atoms. The molecule has 1 aliphatic rings. The number of sulfone groups is 1. The number of ether oxygens (including phenoxy) is 1. The number of carbonyl (C=O) groups excluding carboxylic acids is 1. The number of benzene rings is 2. The average Bonchev–Trinajstić information content (AvgIpc) is 3.06. The van der Waals surface area contributed by atoms with Gasteiger partial charge in [-0.3, -0.25) is 4.79 Å². The van der Waals surface area contributed by atoms with Crippen molar-refractivity contribution >= 4 is 21.7 Å². The first-order valence-corrected chi connectivity index (χ1v) is 10.2. The largest absolute Gasteiger partial charge is 0.493 e. The van der Waals surface area contributed by atoms with Crippen molar-refractivity contribution in [1.29, 1.82) is 0 Å². The predicted molar refractivity (Wildman–Crippen MR) is 97.4 cm³/mol. The van der Waals surface area contributed by atoms with Gasteiger partial charge in [-0.2, -0.15) is 0 Å². The molecule has 0 aliphatic carbocycles. The first kappa shape index (κ1) is 18.9. The summed E-state index contributed by atoms with van der Waals surface area (Å²) in [5.74, 6) is -1.05. The van der Waals surface area contributed by atoms with Crippen molar-refractivity contribution in [2.45, 2.75) is 23.8 Å². The Morgan fingerprint density at radius 2 is 1.96 bits per heavy atom. The second kappa shape index (κ2) is 7.40. The lowest BCUT2D eigenvalue weighted by atomic mass is 10.0. The van der Waals surface area contributed by atoms with Gasteiger partial charge in [0.15, 0.2) is 15.9 Å². The second-order valence-corrected chi connectivity index (χ2v) is 8.35. The SMILES string of the molecule is CS(=O)(=O)c1ccccc1CC(=O)NC(C(=O)O)c1ccc2c(c1)CCO2. The summed E-state index contributed by atoms with van der Waals surface area (Å²) in [6, 6.07) is 9.95. The van der Waals surface area contributed by atoms with Crippen molar-refractivity contribution in [1.82, 2.24) is 5.32 Å². The van der Waals surface area contributed by atoms with Gasteiger partial charge in [0.1, 0.15) is 5.75 Å². The van der Waals surface area contributed by atoms with E-state index in [0.29, 0.717) is 24.2 Å². The molecule has 8 heteroatoms. The zero-order valence-corrected chi connectivity index (χ0v) is 15.5. The molecule has 1 aliphatic heterocycles. The summed E-state index contributed by atoms with van der Waals surface area (Å²) in [6.45, 7) is 0.547. The molecule has 1 heterocycles. The first-order chi connectivity index (χ1) is 12.8. The Balaban J connectivity index is 1.80. The Hall–Kier alpha value is -2.87. The Kier molecular flexibility index (Phi) is 5.18.